The maximum atomic E-state index is 14.5. The summed E-state index contributed by atoms with van der Waals surface area (Å²) in [5.41, 5.74) is 24.5. The Morgan fingerprint density at radius 1 is 0.857 bits per heavy atom. The first kappa shape index (κ1) is 53.5. The molecule has 0 aliphatic carbocycles. The molecule has 1 saturated heterocycles. The van der Waals surface area contributed by atoms with Gasteiger partial charge in [-0.2, -0.15) is 0 Å². The number of unbranched alkanes of at least 4 members (excludes halogenated alkanes) is 1. The van der Waals surface area contributed by atoms with E-state index in [0.29, 0.717) is 35.5 Å². The number of para-hydroxylation sites is 1. The Morgan fingerprint density at radius 2 is 1.53 bits per heavy atom. The average Bonchev–Trinajstić information content (AvgIpc) is 4.12. The van der Waals surface area contributed by atoms with Crippen LogP contribution in [0.3, 0.4) is 0 Å². The minimum atomic E-state index is -1.59. The lowest BCUT2D eigenvalue weighted by molar-refractivity contribution is -0.146. The minimum Gasteiger partial charge on any atom is -0.480 e. The van der Waals surface area contributed by atoms with Crippen LogP contribution in [0.5, 0.6) is 0 Å². The Kier molecular flexibility index (Phi) is 19.7. The number of nitrogens with zero attached hydrogens (tertiary/aromatic N) is 4. The molecule has 6 atom stereocenters. The highest BCUT2D eigenvalue weighted by molar-refractivity contribution is 7.13. The summed E-state index contributed by atoms with van der Waals surface area (Å²) in [6.07, 6.45) is 4.15. The monoisotopic (exact) mass is 986 g/mol. The van der Waals surface area contributed by atoms with E-state index < -0.39 is 95.9 Å². The van der Waals surface area contributed by atoms with Crippen LogP contribution in [0.25, 0.3) is 21.6 Å². The lowest BCUT2D eigenvalue weighted by Crippen LogP contribution is -2.60. The van der Waals surface area contributed by atoms with Crippen molar-refractivity contribution < 1.29 is 43.5 Å². The van der Waals surface area contributed by atoms with Gasteiger partial charge in [0, 0.05) is 48.2 Å². The molecule has 0 spiro atoms. The average molecular weight is 987 g/mol. The maximum Gasteiger partial charge on any atom is 0.326 e. The van der Waals surface area contributed by atoms with Crippen molar-refractivity contribution >= 4 is 75.5 Å². The van der Waals surface area contributed by atoms with Crippen LogP contribution in [0.15, 0.2) is 65.2 Å². The summed E-state index contributed by atoms with van der Waals surface area (Å²) in [7, 11) is 0. The van der Waals surface area contributed by atoms with E-state index in [-0.39, 0.29) is 63.4 Å². The number of aliphatic imine (C=N–C) groups is 1. The zero-order valence-electron chi connectivity index (χ0n) is 39.0. The summed E-state index contributed by atoms with van der Waals surface area (Å²) in [4.78, 5) is 126. The number of nitrogens with one attached hydrogen (secondary N) is 6. The summed E-state index contributed by atoms with van der Waals surface area (Å²) in [6.45, 7) is 3.61. The van der Waals surface area contributed by atoms with Crippen LogP contribution in [-0.2, 0) is 40.0 Å². The van der Waals surface area contributed by atoms with E-state index in [1.165, 1.54) is 11.3 Å². The molecule has 5 rings (SSSR count). The summed E-state index contributed by atoms with van der Waals surface area (Å²) in [5.74, 6) is -7.53. The molecule has 15 N–H and O–H groups in total. The molecule has 0 unspecified atom stereocenters. The number of nitrogens with two attached hydrogens (primary N) is 4. The van der Waals surface area contributed by atoms with Gasteiger partial charge < -0.3 is 64.5 Å². The van der Waals surface area contributed by atoms with Gasteiger partial charge in [-0.15, -0.1) is 11.3 Å². The van der Waals surface area contributed by atoms with Crippen LogP contribution in [0, 0.1) is 5.92 Å². The first-order valence-corrected chi connectivity index (χ1v) is 23.9. The topological polar surface area (TPSA) is 378 Å². The van der Waals surface area contributed by atoms with Gasteiger partial charge in [0.1, 0.15) is 47.0 Å². The summed E-state index contributed by atoms with van der Waals surface area (Å²) in [5, 5.41) is 25.8. The summed E-state index contributed by atoms with van der Waals surface area (Å²) < 4.78 is 0. The standard InChI is InChI=1S/C46H62N14O9S/c1-25(2)37(45(68)69)59-42(66)35-16-10-20-60(35)44(67)33(22-36(48)61)57-39(63)30(15-9-19-52-46(49)50)54-38(62)29(13-5-7-17-47)55-40(64)32(21-26-23-53-28-12-4-3-11-27(26)28)56-41(65)34-24-70-43(58-34)31-14-6-8-18-51-31/h3-4,6,8,11-12,14,18,23-25,29-30,32-33,35,37,53H,5,7,9-10,13,15-17,19-22,47H2,1-2H3,(H2,48,61)(H,54,62)(H,55,64)(H,56,65)(H,57,63)(H,59,66)(H,68,69)(H4,49,50,52)/t29-,30+,32-,33+,35-,37-/m0/s1. The number of guanidine groups is 1. The van der Waals surface area contributed by atoms with Crippen LogP contribution in [-0.4, -0.2) is 134 Å². The molecule has 3 aromatic heterocycles. The molecule has 1 aromatic carbocycles. The quantitative estimate of drug-likeness (QED) is 0.0220. The second kappa shape index (κ2) is 25.8. The maximum absolute atomic E-state index is 14.5. The van der Waals surface area contributed by atoms with Crippen LogP contribution < -0.4 is 49.5 Å². The zero-order valence-corrected chi connectivity index (χ0v) is 39.8. The Bertz CT molecular complexity index is 2510. The van der Waals surface area contributed by atoms with Gasteiger partial charge in [0.25, 0.3) is 5.91 Å². The molecule has 4 heterocycles. The summed E-state index contributed by atoms with van der Waals surface area (Å²) >= 11 is 1.20. The number of carboxylic acid groups (broad SMARTS) is 1. The van der Waals surface area contributed by atoms with Gasteiger partial charge in [-0.1, -0.05) is 38.1 Å². The van der Waals surface area contributed by atoms with Crippen LogP contribution in [0.2, 0.25) is 0 Å². The van der Waals surface area contributed by atoms with Crippen LogP contribution in [0.1, 0.15) is 81.3 Å². The summed E-state index contributed by atoms with van der Waals surface area (Å²) in [6, 6.07) is 4.84. The number of carbonyl (C=O) groups is 8. The molecule has 70 heavy (non-hydrogen) atoms. The third kappa shape index (κ3) is 15.0. The molecule has 4 aromatic rings. The number of primary amides is 1. The SMILES string of the molecule is CC(C)[C@H](NC(=O)[C@@H]1CCCN1C(=O)[C@@H](CC(N)=O)NC(=O)[C@@H](CCCN=C(N)N)NC(=O)[C@H](CCCCN)NC(=O)[C@H](Cc1c[nH]c2ccccc12)NC(=O)c1csc(-c2ccccn2)n1)C(=O)O. The number of H-pyrrole nitrogens is 1. The first-order chi connectivity index (χ1) is 33.5. The van der Waals surface area contributed by atoms with Gasteiger partial charge in [0.15, 0.2) is 5.96 Å². The van der Waals surface area contributed by atoms with E-state index >= 15 is 0 Å². The molecule has 0 saturated carbocycles. The molecular weight excluding hydrogens is 925 g/mol. The second-order valence-electron chi connectivity index (χ2n) is 17.2. The number of likely N-dealkylation sites (tertiary alicyclic amines) is 1. The number of hydrogen-bond acceptors (Lipinski definition) is 13. The van der Waals surface area contributed by atoms with Crippen molar-refractivity contribution in [3.8, 4) is 10.7 Å². The first-order valence-electron chi connectivity index (χ1n) is 23.0. The fourth-order valence-corrected chi connectivity index (χ4v) is 8.74. The molecule has 376 valence electrons. The highest BCUT2D eigenvalue weighted by atomic mass is 32.1. The van der Waals surface area contributed by atoms with E-state index in [1.807, 2.05) is 24.3 Å². The van der Waals surface area contributed by atoms with Crippen molar-refractivity contribution in [1.29, 1.82) is 0 Å². The lowest BCUT2D eigenvalue weighted by Gasteiger charge is -2.30. The predicted molar refractivity (Wildman–Crippen MR) is 260 cm³/mol. The van der Waals surface area contributed by atoms with Gasteiger partial charge in [-0.3, -0.25) is 43.5 Å². The van der Waals surface area contributed by atoms with E-state index in [2.05, 4.69) is 46.5 Å². The number of fused-ring (bicyclic) bond motifs is 1. The Labute approximate surface area is 407 Å². The number of aromatic amines is 1. The van der Waals surface area contributed by atoms with E-state index in [0.717, 1.165) is 15.8 Å². The highest BCUT2D eigenvalue weighted by Crippen LogP contribution is 2.24. The molecular formula is C46H62N14O9S. The molecule has 1 aliphatic heterocycles. The van der Waals surface area contributed by atoms with Crippen molar-refractivity contribution in [3.05, 3.63) is 71.5 Å². The van der Waals surface area contributed by atoms with Crippen LogP contribution in [0.4, 0.5) is 0 Å². The molecule has 0 radical (unpaired) electrons. The van der Waals surface area contributed by atoms with Gasteiger partial charge in [-0.05, 0) is 81.2 Å². The van der Waals surface area contributed by atoms with Gasteiger partial charge >= 0.3 is 5.97 Å². The highest BCUT2D eigenvalue weighted by Gasteiger charge is 2.40. The van der Waals surface area contributed by atoms with Gasteiger partial charge in [-0.25, -0.2) is 9.78 Å². The second-order valence-corrected chi connectivity index (χ2v) is 18.0. The number of benzene rings is 1. The lowest BCUT2D eigenvalue weighted by atomic mass is 10.0. The number of carbonyl (C=O) groups excluding carboxylic acids is 7. The van der Waals surface area contributed by atoms with Crippen molar-refractivity contribution in [2.75, 3.05) is 19.6 Å². The molecule has 1 fully saturated rings. The minimum absolute atomic E-state index is 0.00152. The normalized spacial score (nSPS) is 15.5. The largest absolute Gasteiger partial charge is 0.480 e. The van der Waals surface area contributed by atoms with Crippen molar-refractivity contribution in [1.82, 2.24) is 46.4 Å². The fraction of sp³-hybridized carbons (Fsp3) is 0.457. The van der Waals surface area contributed by atoms with E-state index in [4.69, 9.17) is 22.9 Å². The predicted octanol–water partition coefficient (Wildman–Crippen LogP) is -0.244. The number of aliphatic carboxylic acids is 1. The number of pyridine rings is 1. The molecule has 1 aliphatic rings. The Morgan fingerprint density at radius 3 is 2.17 bits per heavy atom. The third-order valence-corrected chi connectivity index (χ3v) is 12.5. The third-order valence-electron chi connectivity index (χ3n) is 11.6. The van der Waals surface area contributed by atoms with Gasteiger partial charge in [0.05, 0.1) is 12.1 Å². The fourth-order valence-electron chi connectivity index (χ4n) is 7.97. The van der Waals surface area contributed by atoms with Crippen molar-refractivity contribution in [2.45, 2.75) is 108 Å². The van der Waals surface area contributed by atoms with E-state index in [1.54, 1.807) is 49.8 Å². The van der Waals surface area contributed by atoms with E-state index in [9.17, 15) is 43.5 Å². The van der Waals surface area contributed by atoms with Crippen molar-refractivity contribution in [2.24, 2.45) is 33.8 Å². The molecule has 0 bridgehead atoms. The number of thiazole rings is 1. The smallest absolute Gasteiger partial charge is 0.326 e. The van der Waals surface area contributed by atoms with Crippen molar-refractivity contribution in [3.63, 3.8) is 0 Å². The number of aromatic nitrogens is 3. The number of carboxylic acids is 1. The number of hydrogen-bond donors (Lipinski definition) is 11. The Balaban J connectivity index is 1.39. The number of amides is 7. The Hall–Kier alpha value is -7.47. The van der Waals surface area contributed by atoms with Gasteiger partial charge in [0.2, 0.25) is 35.4 Å². The molecule has 23 nitrogen and oxygen atoms in total. The number of rotatable bonds is 26. The molecule has 7 amide bonds. The van der Waals surface area contributed by atoms with Crippen LogP contribution >= 0.6 is 11.3 Å². The zero-order chi connectivity index (χ0) is 50.9. The molecule has 24 heteroatoms.